The minimum absolute atomic E-state index is 0.0583. The summed E-state index contributed by atoms with van der Waals surface area (Å²) >= 11 is 7.73. The molecule has 0 amide bonds. The topological polar surface area (TPSA) is 48.1 Å². The summed E-state index contributed by atoms with van der Waals surface area (Å²) in [5.41, 5.74) is 7.57. The predicted octanol–water partition coefficient (Wildman–Crippen LogP) is 3.49. The lowest BCUT2D eigenvalue weighted by atomic mass is 10.2. The number of hydrogen-bond donors (Lipinski definition) is 1. The molecule has 0 spiro atoms. The monoisotopic (exact) mass is 268 g/mol. The maximum absolute atomic E-state index is 6.19. The third kappa shape index (κ3) is 2.60. The molecular weight excluding hydrogens is 256 g/mol. The van der Waals surface area contributed by atoms with E-state index in [1.54, 1.807) is 24.5 Å². The number of nitrogens with zero attached hydrogens (tertiary/aromatic N) is 1. The van der Waals surface area contributed by atoms with Gasteiger partial charge in [-0.1, -0.05) is 11.6 Å². The van der Waals surface area contributed by atoms with E-state index in [-0.39, 0.29) is 6.04 Å². The second kappa shape index (κ2) is 5.04. The Balaban J connectivity index is 2.38. The van der Waals surface area contributed by atoms with Gasteiger partial charge in [-0.05, 0) is 25.1 Å². The van der Waals surface area contributed by atoms with Gasteiger partial charge in [0.2, 0.25) is 0 Å². The van der Waals surface area contributed by atoms with Gasteiger partial charge in [-0.3, -0.25) is 0 Å². The zero-order chi connectivity index (χ0) is 12.4. The van der Waals surface area contributed by atoms with Gasteiger partial charge in [0, 0.05) is 17.0 Å². The number of thiazole rings is 1. The lowest BCUT2D eigenvalue weighted by Gasteiger charge is -2.04. The first-order valence-corrected chi connectivity index (χ1v) is 6.42. The second-order valence-electron chi connectivity index (χ2n) is 3.71. The molecule has 1 unspecified atom stereocenters. The largest absolute Gasteiger partial charge is 0.497 e. The van der Waals surface area contributed by atoms with Gasteiger partial charge in [-0.15, -0.1) is 11.3 Å². The molecule has 90 valence electrons. The Morgan fingerprint density at radius 3 is 2.76 bits per heavy atom. The Morgan fingerprint density at radius 1 is 1.47 bits per heavy atom. The summed E-state index contributed by atoms with van der Waals surface area (Å²) in [4.78, 5) is 4.46. The van der Waals surface area contributed by atoms with E-state index in [9.17, 15) is 0 Å². The van der Waals surface area contributed by atoms with Crippen LogP contribution >= 0.6 is 22.9 Å². The molecule has 1 heterocycles. The molecule has 2 N–H and O–H groups in total. The Kier molecular flexibility index (Phi) is 3.66. The summed E-state index contributed by atoms with van der Waals surface area (Å²) < 4.78 is 5.11. The number of nitrogens with two attached hydrogens (primary N) is 1. The van der Waals surface area contributed by atoms with Crippen molar-refractivity contribution >= 4 is 22.9 Å². The van der Waals surface area contributed by atoms with Crippen molar-refractivity contribution in [2.45, 2.75) is 13.0 Å². The van der Waals surface area contributed by atoms with E-state index in [1.165, 1.54) is 0 Å². The van der Waals surface area contributed by atoms with Crippen LogP contribution in [0.5, 0.6) is 5.75 Å². The zero-order valence-electron chi connectivity index (χ0n) is 9.61. The number of benzene rings is 1. The highest BCUT2D eigenvalue weighted by Gasteiger charge is 2.11. The Hall–Kier alpha value is -1.10. The van der Waals surface area contributed by atoms with E-state index < -0.39 is 0 Å². The van der Waals surface area contributed by atoms with Gasteiger partial charge in [0.05, 0.1) is 17.8 Å². The summed E-state index contributed by atoms with van der Waals surface area (Å²) in [7, 11) is 1.61. The maximum Gasteiger partial charge on any atom is 0.125 e. The third-order valence-corrected chi connectivity index (χ3v) is 3.60. The quantitative estimate of drug-likeness (QED) is 0.927. The van der Waals surface area contributed by atoms with Gasteiger partial charge < -0.3 is 10.5 Å². The van der Waals surface area contributed by atoms with Crippen molar-refractivity contribution in [3.05, 3.63) is 34.3 Å². The van der Waals surface area contributed by atoms with Crippen LogP contribution in [0, 0.1) is 0 Å². The Bertz CT molecular complexity index is 525. The molecule has 17 heavy (non-hydrogen) atoms. The molecule has 2 aromatic rings. The molecule has 2 rings (SSSR count). The molecule has 0 saturated heterocycles. The molecule has 0 saturated carbocycles. The van der Waals surface area contributed by atoms with E-state index in [1.807, 2.05) is 24.4 Å². The first-order valence-electron chi connectivity index (χ1n) is 5.16. The first kappa shape index (κ1) is 12.4. The number of hydrogen-bond acceptors (Lipinski definition) is 4. The highest BCUT2D eigenvalue weighted by atomic mass is 35.5. The highest BCUT2D eigenvalue weighted by molar-refractivity contribution is 7.13. The van der Waals surface area contributed by atoms with Crippen LogP contribution in [0.15, 0.2) is 23.6 Å². The van der Waals surface area contributed by atoms with E-state index >= 15 is 0 Å². The van der Waals surface area contributed by atoms with Gasteiger partial charge in [-0.25, -0.2) is 4.98 Å². The number of halogens is 1. The standard InChI is InChI=1S/C12H13ClN2OS/c1-7(14)11-6-17-12(15-11)9-4-3-8(16-2)5-10(9)13/h3-7H,14H2,1-2H3. The lowest BCUT2D eigenvalue weighted by Crippen LogP contribution is -2.04. The smallest absolute Gasteiger partial charge is 0.125 e. The van der Waals surface area contributed by atoms with Gasteiger partial charge in [-0.2, -0.15) is 0 Å². The molecule has 0 fully saturated rings. The molecule has 5 heteroatoms. The molecule has 0 radical (unpaired) electrons. The van der Waals surface area contributed by atoms with Crippen LogP contribution in [0.4, 0.5) is 0 Å². The summed E-state index contributed by atoms with van der Waals surface area (Å²) in [5, 5.41) is 3.47. The van der Waals surface area contributed by atoms with E-state index in [0.29, 0.717) is 5.02 Å². The number of ether oxygens (including phenoxy) is 1. The van der Waals surface area contributed by atoms with Crippen LogP contribution in [0.3, 0.4) is 0 Å². The Morgan fingerprint density at radius 2 is 2.24 bits per heavy atom. The van der Waals surface area contributed by atoms with Crippen molar-refractivity contribution < 1.29 is 4.74 Å². The highest BCUT2D eigenvalue weighted by Crippen LogP contribution is 2.33. The van der Waals surface area contributed by atoms with Gasteiger partial charge in [0.1, 0.15) is 10.8 Å². The van der Waals surface area contributed by atoms with Crippen LogP contribution in [-0.4, -0.2) is 12.1 Å². The van der Waals surface area contributed by atoms with Crippen LogP contribution in [0.25, 0.3) is 10.6 Å². The maximum atomic E-state index is 6.19. The van der Waals surface area contributed by atoms with E-state index in [4.69, 9.17) is 22.1 Å². The minimum atomic E-state index is -0.0583. The Labute approximate surface area is 109 Å². The number of rotatable bonds is 3. The average Bonchev–Trinajstić information content (AvgIpc) is 2.78. The summed E-state index contributed by atoms with van der Waals surface area (Å²) in [5.74, 6) is 0.739. The second-order valence-corrected chi connectivity index (χ2v) is 4.98. The van der Waals surface area contributed by atoms with Crippen molar-refractivity contribution in [2.75, 3.05) is 7.11 Å². The molecule has 0 aliphatic heterocycles. The van der Waals surface area contributed by atoms with Crippen molar-refractivity contribution in [2.24, 2.45) is 5.73 Å². The van der Waals surface area contributed by atoms with Crippen molar-refractivity contribution in [1.82, 2.24) is 4.98 Å². The molecule has 0 bridgehead atoms. The van der Waals surface area contributed by atoms with Crippen molar-refractivity contribution in [3.8, 4) is 16.3 Å². The summed E-state index contributed by atoms with van der Waals surface area (Å²) in [6.45, 7) is 1.91. The molecular formula is C12H13ClN2OS. The molecule has 0 aliphatic carbocycles. The molecule has 3 nitrogen and oxygen atoms in total. The average molecular weight is 269 g/mol. The fourth-order valence-corrected chi connectivity index (χ4v) is 2.69. The predicted molar refractivity (Wildman–Crippen MR) is 71.7 cm³/mol. The molecule has 1 aromatic carbocycles. The normalized spacial score (nSPS) is 12.5. The zero-order valence-corrected chi connectivity index (χ0v) is 11.2. The number of methoxy groups -OCH3 is 1. The fraction of sp³-hybridized carbons (Fsp3) is 0.250. The van der Waals surface area contributed by atoms with E-state index in [0.717, 1.165) is 22.0 Å². The van der Waals surface area contributed by atoms with Crippen LogP contribution in [0.1, 0.15) is 18.7 Å². The molecule has 1 aromatic heterocycles. The lowest BCUT2D eigenvalue weighted by molar-refractivity contribution is 0.415. The fourth-order valence-electron chi connectivity index (χ4n) is 1.42. The van der Waals surface area contributed by atoms with E-state index in [2.05, 4.69) is 4.98 Å². The molecule has 0 aliphatic rings. The SMILES string of the molecule is COc1ccc(-c2nc(C(C)N)cs2)c(Cl)c1. The van der Waals surface area contributed by atoms with Gasteiger partial charge >= 0.3 is 0 Å². The summed E-state index contributed by atoms with van der Waals surface area (Å²) in [6, 6.07) is 5.50. The van der Waals surface area contributed by atoms with Crippen LogP contribution in [0.2, 0.25) is 5.02 Å². The van der Waals surface area contributed by atoms with Gasteiger partial charge in [0.15, 0.2) is 0 Å². The van der Waals surface area contributed by atoms with Crippen molar-refractivity contribution in [3.63, 3.8) is 0 Å². The third-order valence-electron chi connectivity index (χ3n) is 2.40. The number of aromatic nitrogens is 1. The van der Waals surface area contributed by atoms with Crippen LogP contribution < -0.4 is 10.5 Å². The van der Waals surface area contributed by atoms with Crippen molar-refractivity contribution in [1.29, 1.82) is 0 Å². The van der Waals surface area contributed by atoms with Gasteiger partial charge in [0.25, 0.3) is 0 Å². The molecule has 1 atom stereocenters. The minimum Gasteiger partial charge on any atom is -0.497 e. The first-order chi connectivity index (χ1) is 8.11. The van der Waals surface area contributed by atoms with Crippen LogP contribution in [-0.2, 0) is 0 Å². The summed E-state index contributed by atoms with van der Waals surface area (Å²) in [6.07, 6.45) is 0.